The van der Waals surface area contributed by atoms with E-state index in [4.69, 9.17) is 4.74 Å². The number of hydrogen-bond acceptors (Lipinski definition) is 5. The van der Waals surface area contributed by atoms with Crippen molar-refractivity contribution in [3.05, 3.63) is 53.5 Å². The van der Waals surface area contributed by atoms with E-state index in [-0.39, 0.29) is 5.92 Å². The van der Waals surface area contributed by atoms with Crippen molar-refractivity contribution in [2.24, 2.45) is 5.92 Å². The average Bonchev–Trinajstić information content (AvgIpc) is 2.57. The van der Waals surface area contributed by atoms with Crippen LogP contribution in [0.4, 0.5) is 4.39 Å². The standard InChI is InChI=1S/C18H21FN2O4S/c1-11-3-5-16(15(19)7-11)26(23,24)21-18(13-8-14(22)9-13)12-4-6-17(25-2)20-10-12/h3-7,10,13-14,18,21-22H,8-9H2,1-2H3. The van der Waals surface area contributed by atoms with E-state index in [0.717, 1.165) is 0 Å². The number of nitrogens with one attached hydrogen (secondary N) is 1. The van der Waals surface area contributed by atoms with Crippen molar-refractivity contribution < 1.29 is 22.7 Å². The molecule has 1 heterocycles. The van der Waals surface area contributed by atoms with Crippen molar-refractivity contribution in [1.29, 1.82) is 0 Å². The molecule has 1 fully saturated rings. The largest absolute Gasteiger partial charge is 0.481 e. The first-order valence-corrected chi connectivity index (χ1v) is 9.75. The molecule has 1 aromatic carbocycles. The Bertz CT molecular complexity index is 881. The number of nitrogens with zero attached hydrogens (tertiary/aromatic N) is 1. The number of ether oxygens (including phenoxy) is 1. The molecule has 1 aliphatic rings. The van der Waals surface area contributed by atoms with Crippen LogP contribution in [0.1, 0.15) is 30.0 Å². The van der Waals surface area contributed by atoms with Gasteiger partial charge in [-0.2, -0.15) is 0 Å². The van der Waals surface area contributed by atoms with Gasteiger partial charge in [0.2, 0.25) is 15.9 Å². The number of aromatic nitrogens is 1. The molecule has 1 aromatic heterocycles. The summed E-state index contributed by atoms with van der Waals surface area (Å²) in [7, 11) is -2.58. The first kappa shape index (κ1) is 18.8. The van der Waals surface area contributed by atoms with E-state index in [0.29, 0.717) is 29.8 Å². The third kappa shape index (κ3) is 3.87. The van der Waals surface area contributed by atoms with Gasteiger partial charge in [0.05, 0.1) is 19.3 Å². The lowest BCUT2D eigenvalue weighted by Gasteiger charge is -2.38. The van der Waals surface area contributed by atoms with E-state index in [9.17, 15) is 17.9 Å². The average molecular weight is 380 g/mol. The summed E-state index contributed by atoms with van der Waals surface area (Å²) in [6, 6.07) is 6.74. The summed E-state index contributed by atoms with van der Waals surface area (Å²) >= 11 is 0. The number of halogens is 1. The maximum absolute atomic E-state index is 14.2. The number of rotatable bonds is 6. The van der Waals surface area contributed by atoms with Gasteiger partial charge in [-0.3, -0.25) is 0 Å². The summed E-state index contributed by atoms with van der Waals surface area (Å²) < 4.78 is 47.3. The molecule has 3 rings (SSSR count). The van der Waals surface area contributed by atoms with E-state index in [2.05, 4.69) is 9.71 Å². The molecule has 1 unspecified atom stereocenters. The van der Waals surface area contributed by atoms with Gasteiger partial charge in [-0.05, 0) is 48.9 Å². The Hall–Kier alpha value is -2.03. The normalized spacial score (nSPS) is 21.1. The zero-order valence-electron chi connectivity index (χ0n) is 14.5. The highest BCUT2D eigenvalue weighted by atomic mass is 32.2. The van der Waals surface area contributed by atoms with E-state index < -0.39 is 32.9 Å². The van der Waals surface area contributed by atoms with Gasteiger partial charge in [0.15, 0.2) is 0 Å². The molecule has 6 nitrogen and oxygen atoms in total. The molecule has 0 bridgehead atoms. The van der Waals surface area contributed by atoms with Crippen LogP contribution >= 0.6 is 0 Å². The smallest absolute Gasteiger partial charge is 0.244 e. The van der Waals surface area contributed by atoms with Crippen molar-refractivity contribution in [3.8, 4) is 5.88 Å². The summed E-state index contributed by atoms with van der Waals surface area (Å²) in [5.74, 6) is -0.477. The summed E-state index contributed by atoms with van der Waals surface area (Å²) in [6.07, 6.45) is 2.02. The predicted molar refractivity (Wildman–Crippen MR) is 93.7 cm³/mol. The summed E-state index contributed by atoms with van der Waals surface area (Å²) in [4.78, 5) is 3.72. The lowest BCUT2D eigenvalue weighted by molar-refractivity contribution is 0.0279. The van der Waals surface area contributed by atoms with E-state index in [1.165, 1.54) is 25.4 Å². The van der Waals surface area contributed by atoms with Crippen molar-refractivity contribution in [2.45, 2.75) is 36.8 Å². The van der Waals surface area contributed by atoms with Crippen LogP contribution < -0.4 is 9.46 Å². The van der Waals surface area contributed by atoms with Gasteiger partial charge < -0.3 is 9.84 Å². The van der Waals surface area contributed by atoms with Gasteiger partial charge in [0.25, 0.3) is 0 Å². The van der Waals surface area contributed by atoms with E-state index in [1.54, 1.807) is 25.1 Å². The molecule has 8 heteroatoms. The fourth-order valence-electron chi connectivity index (χ4n) is 3.09. The maximum atomic E-state index is 14.2. The highest BCUT2D eigenvalue weighted by Crippen LogP contribution is 2.39. The molecular weight excluding hydrogens is 359 g/mol. The lowest BCUT2D eigenvalue weighted by atomic mass is 9.76. The molecule has 2 N–H and O–H groups in total. The molecule has 26 heavy (non-hydrogen) atoms. The maximum Gasteiger partial charge on any atom is 0.244 e. The zero-order valence-corrected chi connectivity index (χ0v) is 15.3. The van der Waals surface area contributed by atoms with Crippen LogP contribution in [-0.2, 0) is 10.0 Å². The molecule has 2 aromatic rings. The van der Waals surface area contributed by atoms with Gasteiger partial charge in [-0.1, -0.05) is 12.1 Å². The lowest BCUT2D eigenvalue weighted by Crippen LogP contribution is -2.41. The minimum absolute atomic E-state index is 0.0940. The monoisotopic (exact) mass is 380 g/mol. The van der Waals surface area contributed by atoms with Crippen molar-refractivity contribution in [3.63, 3.8) is 0 Å². The van der Waals surface area contributed by atoms with Crippen LogP contribution in [0.15, 0.2) is 41.4 Å². The minimum atomic E-state index is -4.08. The molecule has 0 amide bonds. The second-order valence-corrected chi connectivity index (χ2v) is 8.23. The van der Waals surface area contributed by atoms with Crippen LogP contribution in [0.25, 0.3) is 0 Å². The molecular formula is C18H21FN2O4S. The van der Waals surface area contributed by atoms with E-state index >= 15 is 0 Å². The van der Waals surface area contributed by atoms with Crippen molar-refractivity contribution >= 4 is 10.0 Å². The summed E-state index contributed by atoms with van der Waals surface area (Å²) in [6.45, 7) is 1.69. The minimum Gasteiger partial charge on any atom is -0.481 e. The van der Waals surface area contributed by atoms with Crippen LogP contribution in [0.2, 0.25) is 0 Å². The fraction of sp³-hybridized carbons (Fsp3) is 0.389. The molecule has 0 saturated heterocycles. The number of hydrogen-bond donors (Lipinski definition) is 2. The second-order valence-electron chi connectivity index (χ2n) is 6.55. The van der Waals surface area contributed by atoms with Crippen molar-refractivity contribution in [2.75, 3.05) is 7.11 Å². The number of aliphatic hydroxyl groups excluding tert-OH is 1. The Morgan fingerprint density at radius 2 is 2.04 bits per heavy atom. The van der Waals surface area contributed by atoms with Gasteiger partial charge >= 0.3 is 0 Å². The summed E-state index contributed by atoms with van der Waals surface area (Å²) in [5, 5.41) is 9.61. The molecule has 140 valence electrons. The molecule has 1 saturated carbocycles. The molecule has 0 spiro atoms. The van der Waals surface area contributed by atoms with Crippen molar-refractivity contribution in [1.82, 2.24) is 9.71 Å². The molecule has 1 atom stereocenters. The van der Waals surface area contributed by atoms with Crippen LogP contribution in [0.3, 0.4) is 0 Å². The number of benzene rings is 1. The fourth-order valence-corrected chi connectivity index (χ4v) is 4.44. The Kier molecular flexibility index (Phi) is 5.27. The van der Waals surface area contributed by atoms with Gasteiger partial charge in [-0.25, -0.2) is 22.5 Å². The number of sulfonamides is 1. The van der Waals surface area contributed by atoms with Gasteiger partial charge in [0.1, 0.15) is 10.7 Å². The Morgan fingerprint density at radius 1 is 1.31 bits per heavy atom. The molecule has 0 radical (unpaired) electrons. The van der Waals surface area contributed by atoms with E-state index in [1.807, 2.05) is 0 Å². The van der Waals surface area contributed by atoms with Crippen LogP contribution in [0.5, 0.6) is 5.88 Å². The van der Waals surface area contributed by atoms with Crippen LogP contribution in [-0.4, -0.2) is 31.7 Å². The summed E-state index contributed by atoms with van der Waals surface area (Å²) in [5.41, 5.74) is 1.28. The number of aryl methyl sites for hydroxylation is 1. The number of methoxy groups -OCH3 is 1. The SMILES string of the molecule is COc1ccc(C(NS(=O)(=O)c2ccc(C)cc2F)C2CC(O)C2)cn1. The highest BCUT2D eigenvalue weighted by molar-refractivity contribution is 7.89. The first-order valence-electron chi connectivity index (χ1n) is 8.26. The van der Waals surface area contributed by atoms with Crippen LogP contribution in [0, 0.1) is 18.7 Å². The molecule has 0 aliphatic heterocycles. The topological polar surface area (TPSA) is 88.5 Å². The Balaban J connectivity index is 1.91. The second kappa shape index (κ2) is 7.30. The number of pyridine rings is 1. The van der Waals surface area contributed by atoms with Gasteiger partial charge in [-0.15, -0.1) is 0 Å². The predicted octanol–water partition coefficient (Wildman–Crippen LogP) is 2.33. The number of aliphatic hydroxyl groups is 1. The Labute approximate surface area is 152 Å². The third-order valence-electron chi connectivity index (χ3n) is 4.61. The first-order chi connectivity index (χ1) is 12.3. The van der Waals surface area contributed by atoms with Gasteiger partial charge in [0, 0.05) is 12.3 Å². The highest BCUT2D eigenvalue weighted by Gasteiger charge is 2.37. The molecule has 1 aliphatic carbocycles. The zero-order chi connectivity index (χ0) is 18.9. The third-order valence-corrected chi connectivity index (χ3v) is 6.08. The Morgan fingerprint density at radius 3 is 2.58 bits per heavy atom. The quantitative estimate of drug-likeness (QED) is 0.803.